The van der Waals surface area contributed by atoms with Crippen LogP contribution in [-0.4, -0.2) is 29.3 Å². The SMILES string of the molecule is CNc1cc(C(c2cc(NC(=O)c3ccc(-c4ccc(C)cc4)cc3)c(O)cc2C)C(F)(F)F)c(C)cc1O. The highest BCUT2D eigenvalue weighted by atomic mass is 19.4. The fourth-order valence-corrected chi connectivity index (χ4v) is 4.62. The third-order valence-electron chi connectivity index (χ3n) is 6.77. The van der Waals surface area contributed by atoms with Crippen LogP contribution in [0.4, 0.5) is 24.5 Å². The van der Waals surface area contributed by atoms with Crippen LogP contribution < -0.4 is 10.6 Å². The van der Waals surface area contributed by atoms with Gasteiger partial charge in [0.1, 0.15) is 17.4 Å². The number of benzene rings is 4. The van der Waals surface area contributed by atoms with Crippen molar-refractivity contribution in [1.82, 2.24) is 0 Å². The van der Waals surface area contributed by atoms with Gasteiger partial charge in [-0.3, -0.25) is 4.79 Å². The van der Waals surface area contributed by atoms with Crippen LogP contribution in [0.25, 0.3) is 11.1 Å². The number of rotatable bonds is 6. The van der Waals surface area contributed by atoms with Crippen LogP contribution in [0.2, 0.25) is 0 Å². The Kier molecular flexibility index (Phi) is 7.58. The molecule has 5 nitrogen and oxygen atoms in total. The van der Waals surface area contributed by atoms with Gasteiger partial charge < -0.3 is 20.8 Å². The Labute approximate surface area is 225 Å². The van der Waals surface area contributed by atoms with Gasteiger partial charge in [-0.1, -0.05) is 42.0 Å². The number of halogens is 3. The highest BCUT2D eigenvalue weighted by Gasteiger charge is 2.44. The number of anilines is 2. The van der Waals surface area contributed by atoms with E-state index >= 15 is 0 Å². The molecular formula is C31H29F3N2O3. The second-order valence-corrected chi connectivity index (χ2v) is 9.57. The second kappa shape index (κ2) is 10.7. The van der Waals surface area contributed by atoms with E-state index in [1.54, 1.807) is 24.3 Å². The minimum atomic E-state index is -4.69. The van der Waals surface area contributed by atoms with Crippen LogP contribution in [0.5, 0.6) is 11.5 Å². The maximum absolute atomic E-state index is 14.5. The van der Waals surface area contributed by atoms with E-state index in [9.17, 15) is 28.2 Å². The summed E-state index contributed by atoms with van der Waals surface area (Å²) in [6.07, 6.45) is -4.69. The van der Waals surface area contributed by atoms with Crippen molar-refractivity contribution in [2.45, 2.75) is 32.9 Å². The minimum Gasteiger partial charge on any atom is -0.506 e. The van der Waals surface area contributed by atoms with Crippen molar-refractivity contribution in [3.05, 3.63) is 106 Å². The monoisotopic (exact) mass is 534 g/mol. The van der Waals surface area contributed by atoms with Crippen molar-refractivity contribution < 1.29 is 28.2 Å². The Balaban J connectivity index is 1.69. The summed E-state index contributed by atoms with van der Waals surface area (Å²) >= 11 is 0. The van der Waals surface area contributed by atoms with Crippen LogP contribution in [0.15, 0.2) is 72.8 Å². The molecule has 0 radical (unpaired) electrons. The predicted octanol–water partition coefficient (Wildman–Crippen LogP) is 7.68. The predicted molar refractivity (Wildman–Crippen MR) is 148 cm³/mol. The first kappa shape index (κ1) is 27.6. The first-order chi connectivity index (χ1) is 18.4. The third kappa shape index (κ3) is 5.85. The van der Waals surface area contributed by atoms with Gasteiger partial charge in [0.15, 0.2) is 0 Å². The smallest absolute Gasteiger partial charge is 0.399 e. The molecular weight excluding hydrogens is 505 g/mol. The van der Waals surface area contributed by atoms with Crippen molar-refractivity contribution in [2.24, 2.45) is 0 Å². The minimum absolute atomic E-state index is 0.0533. The van der Waals surface area contributed by atoms with Gasteiger partial charge in [-0.15, -0.1) is 0 Å². The quantitative estimate of drug-likeness (QED) is 0.191. The summed E-state index contributed by atoms with van der Waals surface area (Å²) in [6.45, 7) is 4.95. The maximum Gasteiger partial charge on any atom is 0.399 e. The molecule has 0 spiro atoms. The molecule has 0 saturated carbocycles. The molecule has 0 heterocycles. The number of aromatic hydroxyl groups is 2. The van der Waals surface area contributed by atoms with E-state index in [1.807, 2.05) is 31.2 Å². The lowest BCUT2D eigenvalue weighted by atomic mass is 9.84. The Morgan fingerprint density at radius 1 is 0.744 bits per heavy atom. The lowest BCUT2D eigenvalue weighted by molar-refractivity contribution is -0.141. The fraction of sp³-hybridized carbons (Fsp3) is 0.194. The Hall–Kier alpha value is -4.46. The van der Waals surface area contributed by atoms with Gasteiger partial charge in [0.05, 0.1) is 11.4 Å². The number of amides is 1. The second-order valence-electron chi connectivity index (χ2n) is 9.57. The highest BCUT2D eigenvalue weighted by Crippen LogP contribution is 2.46. The average molecular weight is 535 g/mol. The van der Waals surface area contributed by atoms with E-state index in [1.165, 1.54) is 39.1 Å². The summed E-state index contributed by atoms with van der Waals surface area (Å²) in [5.74, 6) is -3.14. The Morgan fingerprint density at radius 2 is 1.21 bits per heavy atom. The molecule has 0 fully saturated rings. The summed E-state index contributed by atoms with van der Waals surface area (Å²) in [7, 11) is 1.50. The lowest BCUT2D eigenvalue weighted by Gasteiger charge is -2.26. The van der Waals surface area contributed by atoms with Crippen LogP contribution in [0.3, 0.4) is 0 Å². The number of aryl methyl sites for hydroxylation is 3. The Bertz CT molecular complexity index is 1510. The molecule has 1 atom stereocenters. The third-order valence-corrected chi connectivity index (χ3v) is 6.77. The van der Waals surface area contributed by atoms with Gasteiger partial charge in [0.25, 0.3) is 5.91 Å². The lowest BCUT2D eigenvalue weighted by Crippen LogP contribution is -2.24. The number of hydrogen-bond donors (Lipinski definition) is 4. The van der Waals surface area contributed by atoms with E-state index in [2.05, 4.69) is 10.6 Å². The number of hydrogen-bond acceptors (Lipinski definition) is 4. The zero-order valence-electron chi connectivity index (χ0n) is 21.9. The van der Waals surface area contributed by atoms with E-state index in [4.69, 9.17) is 0 Å². The molecule has 1 unspecified atom stereocenters. The zero-order chi connectivity index (χ0) is 28.5. The zero-order valence-corrected chi connectivity index (χ0v) is 21.9. The highest BCUT2D eigenvalue weighted by molar-refractivity contribution is 6.05. The number of carbonyl (C=O) groups excluding carboxylic acids is 1. The number of phenols is 2. The van der Waals surface area contributed by atoms with Gasteiger partial charge in [-0.25, -0.2) is 0 Å². The topological polar surface area (TPSA) is 81.6 Å². The number of phenolic OH excluding ortho intramolecular Hbond substituents is 2. The number of nitrogens with one attached hydrogen (secondary N) is 2. The van der Waals surface area contributed by atoms with E-state index < -0.39 is 18.0 Å². The first-order valence-corrected chi connectivity index (χ1v) is 12.3. The summed E-state index contributed by atoms with van der Waals surface area (Å²) in [5, 5.41) is 25.9. The van der Waals surface area contributed by atoms with Crippen LogP contribution in [0, 0.1) is 20.8 Å². The summed E-state index contributed by atoms with van der Waals surface area (Å²) in [4.78, 5) is 13.0. The van der Waals surface area contributed by atoms with Crippen LogP contribution >= 0.6 is 0 Å². The molecule has 8 heteroatoms. The van der Waals surface area contributed by atoms with Crippen molar-refractivity contribution in [3.8, 4) is 22.6 Å². The summed E-state index contributed by atoms with van der Waals surface area (Å²) in [6, 6.07) is 19.6. The van der Waals surface area contributed by atoms with E-state index in [0.29, 0.717) is 0 Å². The molecule has 1 amide bonds. The van der Waals surface area contributed by atoms with Gasteiger partial charge >= 0.3 is 6.18 Å². The van der Waals surface area contributed by atoms with Gasteiger partial charge in [0.2, 0.25) is 0 Å². The van der Waals surface area contributed by atoms with Gasteiger partial charge in [0, 0.05) is 12.6 Å². The average Bonchev–Trinajstić information content (AvgIpc) is 2.87. The summed E-state index contributed by atoms with van der Waals surface area (Å²) in [5.41, 5.74) is 3.60. The van der Waals surface area contributed by atoms with E-state index in [0.717, 1.165) is 22.8 Å². The van der Waals surface area contributed by atoms with Crippen molar-refractivity contribution in [3.63, 3.8) is 0 Å². The molecule has 4 rings (SSSR count). The van der Waals surface area contributed by atoms with Crippen LogP contribution in [0.1, 0.15) is 44.1 Å². The molecule has 0 aliphatic heterocycles. The van der Waals surface area contributed by atoms with Crippen molar-refractivity contribution in [2.75, 3.05) is 17.7 Å². The van der Waals surface area contributed by atoms with Gasteiger partial charge in [-0.2, -0.15) is 13.2 Å². The normalized spacial score (nSPS) is 12.2. The number of alkyl halides is 3. The van der Waals surface area contributed by atoms with Crippen molar-refractivity contribution >= 4 is 17.3 Å². The fourth-order valence-electron chi connectivity index (χ4n) is 4.62. The molecule has 0 aromatic heterocycles. The molecule has 4 aromatic rings. The molecule has 4 aromatic carbocycles. The largest absolute Gasteiger partial charge is 0.506 e. The van der Waals surface area contributed by atoms with Gasteiger partial charge in [-0.05, 0) is 90.6 Å². The maximum atomic E-state index is 14.5. The standard InChI is InChI=1S/C31H29F3N2O3/c1-17-5-7-20(8-6-17)21-9-11-22(12-10-21)30(39)36-26-16-24(19(3)14-28(26)38)29(31(32,33)34)23-15-25(35-4)27(37)13-18(23)2/h5-16,29,35,37-38H,1-4H3,(H,36,39). The molecule has 0 bridgehead atoms. The van der Waals surface area contributed by atoms with E-state index in [-0.39, 0.29) is 50.7 Å². The molecule has 39 heavy (non-hydrogen) atoms. The van der Waals surface area contributed by atoms with Crippen LogP contribution in [-0.2, 0) is 0 Å². The number of carbonyl (C=O) groups is 1. The molecule has 0 aliphatic carbocycles. The first-order valence-electron chi connectivity index (χ1n) is 12.3. The molecule has 0 saturated heterocycles. The molecule has 202 valence electrons. The molecule has 4 N–H and O–H groups in total. The Morgan fingerprint density at radius 3 is 1.69 bits per heavy atom. The molecule has 0 aliphatic rings. The summed E-state index contributed by atoms with van der Waals surface area (Å²) < 4.78 is 43.5. The van der Waals surface area contributed by atoms with Crippen molar-refractivity contribution in [1.29, 1.82) is 0 Å².